The second-order valence-corrected chi connectivity index (χ2v) is 3.70. The van der Waals surface area contributed by atoms with Crippen molar-refractivity contribution in [3.05, 3.63) is 46.4 Å². The molecule has 4 heteroatoms. The summed E-state index contributed by atoms with van der Waals surface area (Å²) in [7, 11) is 0. The molecule has 0 atom stereocenters. The average molecular weight is 204 g/mol. The summed E-state index contributed by atoms with van der Waals surface area (Å²) in [5, 5.41) is 1.85. The third kappa shape index (κ3) is 1.52. The monoisotopic (exact) mass is 204 g/mol. The molecule has 0 saturated heterocycles. The van der Waals surface area contributed by atoms with E-state index in [1.807, 2.05) is 11.4 Å². The number of ketones is 1. The van der Waals surface area contributed by atoms with Gasteiger partial charge >= 0.3 is 0 Å². The molecule has 0 radical (unpaired) electrons. The number of hydrogen-bond donors (Lipinski definition) is 1. The topological polar surface area (TPSA) is 56.0 Å². The first kappa shape index (κ1) is 8.90. The number of nitrogens with two attached hydrogens (primary N) is 1. The standard InChI is InChI=1S/C10H8N2OS/c11-7-3-1-5-12-9(7)10(13)8-4-2-6-14-8/h1-6H,11H2. The van der Waals surface area contributed by atoms with Crippen molar-refractivity contribution in [3.8, 4) is 0 Å². The van der Waals surface area contributed by atoms with E-state index in [4.69, 9.17) is 5.73 Å². The van der Waals surface area contributed by atoms with Crippen LogP contribution in [-0.4, -0.2) is 10.8 Å². The zero-order valence-electron chi connectivity index (χ0n) is 7.31. The lowest BCUT2D eigenvalue weighted by Crippen LogP contribution is -2.05. The molecule has 0 aromatic carbocycles. The number of nitrogens with zero attached hydrogens (tertiary/aromatic N) is 1. The Labute approximate surface area is 85.2 Å². The van der Waals surface area contributed by atoms with Gasteiger partial charge in [-0.05, 0) is 23.6 Å². The second-order valence-electron chi connectivity index (χ2n) is 2.75. The van der Waals surface area contributed by atoms with Gasteiger partial charge in [-0.15, -0.1) is 11.3 Å². The molecule has 0 aliphatic rings. The summed E-state index contributed by atoms with van der Waals surface area (Å²) < 4.78 is 0. The molecule has 0 fully saturated rings. The highest BCUT2D eigenvalue weighted by Gasteiger charge is 2.13. The van der Waals surface area contributed by atoms with Gasteiger partial charge in [-0.25, -0.2) is 0 Å². The lowest BCUT2D eigenvalue weighted by atomic mass is 10.2. The Morgan fingerprint density at radius 1 is 1.36 bits per heavy atom. The van der Waals surface area contributed by atoms with Gasteiger partial charge < -0.3 is 5.73 Å². The zero-order chi connectivity index (χ0) is 9.97. The second kappa shape index (κ2) is 3.59. The van der Waals surface area contributed by atoms with Gasteiger partial charge in [0.2, 0.25) is 5.78 Å². The summed E-state index contributed by atoms with van der Waals surface area (Å²) in [6.07, 6.45) is 1.57. The van der Waals surface area contributed by atoms with Crippen LogP contribution in [-0.2, 0) is 0 Å². The smallest absolute Gasteiger partial charge is 0.223 e. The summed E-state index contributed by atoms with van der Waals surface area (Å²) in [4.78, 5) is 16.4. The molecule has 0 aliphatic heterocycles. The normalized spacial score (nSPS) is 10.0. The van der Waals surface area contributed by atoms with E-state index in [9.17, 15) is 4.79 Å². The van der Waals surface area contributed by atoms with Gasteiger partial charge in [0.25, 0.3) is 0 Å². The van der Waals surface area contributed by atoms with E-state index in [2.05, 4.69) is 4.98 Å². The number of nitrogen functional groups attached to an aromatic ring is 1. The van der Waals surface area contributed by atoms with Crippen molar-refractivity contribution in [2.24, 2.45) is 0 Å². The molecule has 2 aromatic heterocycles. The van der Waals surface area contributed by atoms with Crippen LogP contribution < -0.4 is 5.73 Å². The van der Waals surface area contributed by atoms with Crippen molar-refractivity contribution in [2.45, 2.75) is 0 Å². The quantitative estimate of drug-likeness (QED) is 0.761. The number of carbonyl (C=O) groups excluding carboxylic acids is 1. The van der Waals surface area contributed by atoms with E-state index in [1.165, 1.54) is 11.3 Å². The molecule has 2 aromatic rings. The van der Waals surface area contributed by atoms with Crippen LogP contribution >= 0.6 is 11.3 Å². The molecule has 14 heavy (non-hydrogen) atoms. The predicted molar refractivity (Wildman–Crippen MR) is 56.4 cm³/mol. The van der Waals surface area contributed by atoms with Crippen LogP contribution in [0.15, 0.2) is 35.8 Å². The zero-order valence-corrected chi connectivity index (χ0v) is 8.12. The number of aromatic nitrogens is 1. The van der Waals surface area contributed by atoms with Crippen molar-refractivity contribution < 1.29 is 4.79 Å². The van der Waals surface area contributed by atoms with E-state index in [1.54, 1.807) is 24.4 Å². The Hall–Kier alpha value is -1.68. The molecule has 0 bridgehead atoms. The van der Waals surface area contributed by atoms with Crippen LogP contribution in [0, 0.1) is 0 Å². The Kier molecular flexibility index (Phi) is 2.28. The summed E-state index contributed by atoms with van der Waals surface area (Å²) in [6, 6.07) is 6.98. The molecule has 0 amide bonds. The van der Waals surface area contributed by atoms with E-state index in [-0.39, 0.29) is 5.78 Å². The third-order valence-electron chi connectivity index (χ3n) is 1.80. The van der Waals surface area contributed by atoms with Crippen LogP contribution in [0.25, 0.3) is 0 Å². The summed E-state index contributed by atoms with van der Waals surface area (Å²) in [5.41, 5.74) is 6.40. The number of anilines is 1. The molecule has 3 nitrogen and oxygen atoms in total. The average Bonchev–Trinajstić information content (AvgIpc) is 2.70. The van der Waals surface area contributed by atoms with Gasteiger partial charge in [0, 0.05) is 6.20 Å². The van der Waals surface area contributed by atoms with Crippen LogP contribution in [0.3, 0.4) is 0 Å². The highest BCUT2D eigenvalue weighted by molar-refractivity contribution is 7.12. The van der Waals surface area contributed by atoms with Crippen molar-refractivity contribution in [3.63, 3.8) is 0 Å². The first-order valence-electron chi connectivity index (χ1n) is 4.08. The molecule has 0 saturated carbocycles. The SMILES string of the molecule is Nc1cccnc1C(=O)c1cccs1. The van der Waals surface area contributed by atoms with Crippen LogP contribution in [0.5, 0.6) is 0 Å². The molecule has 70 valence electrons. The fourth-order valence-electron chi connectivity index (χ4n) is 1.13. The van der Waals surface area contributed by atoms with Crippen molar-refractivity contribution >= 4 is 22.8 Å². The van der Waals surface area contributed by atoms with Crippen molar-refractivity contribution in [1.29, 1.82) is 0 Å². The van der Waals surface area contributed by atoms with Gasteiger partial charge in [-0.2, -0.15) is 0 Å². The fourth-order valence-corrected chi connectivity index (χ4v) is 1.80. The van der Waals surface area contributed by atoms with Gasteiger partial charge in [-0.3, -0.25) is 9.78 Å². The molecular weight excluding hydrogens is 196 g/mol. The van der Waals surface area contributed by atoms with E-state index in [0.717, 1.165) is 0 Å². The number of hydrogen-bond acceptors (Lipinski definition) is 4. The van der Waals surface area contributed by atoms with Crippen LogP contribution in [0.4, 0.5) is 5.69 Å². The molecule has 0 spiro atoms. The molecule has 0 aliphatic carbocycles. The molecular formula is C10H8N2OS. The molecule has 2 N–H and O–H groups in total. The largest absolute Gasteiger partial charge is 0.397 e. The minimum absolute atomic E-state index is 0.113. The van der Waals surface area contributed by atoms with Gasteiger partial charge in [0.1, 0.15) is 5.69 Å². The van der Waals surface area contributed by atoms with Crippen LogP contribution in [0.1, 0.15) is 15.4 Å². The van der Waals surface area contributed by atoms with Gasteiger partial charge in [0.05, 0.1) is 10.6 Å². The Morgan fingerprint density at radius 3 is 2.86 bits per heavy atom. The highest BCUT2D eigenvalue weighted by atomic mass is 32.1. The summed E-state index contributed by atoms with van der Waals surface area (Å²) in [6.45, 7) is 0. The number of rotatable bonds is 2. The van der Waals surface area contributed by atoms with Crippen LogP contribution in [0.2, 0.25) is 0 Å². The first-order valence-corrected chi connectivity index (χ1v) is 4.95. The third-order valence-corrected chi connectivity index (χ3v) is 2.67. The minimum atomic E-state index is -0.113. The summed E-state index contributed by atoms with van der Waals surface area (Å²) in [5.74, 6) is -0.113. The maximum absolute atomic E-state index is 11.8. The molecule has 2 rings (SSSR count). The Balaban J connectivity index is 2.42. The maximum atomic E-state index is 11.8. The Morgan fingerprint density at radius 2 is 2.21 bits per heavy atom. The predicted octanol–water partition coefficient (Wildman–Crippen LogP) is 1.96. The highest BCUT2D eigenvalue weighted by Crippen LogP contribution is 2.17. The number of pyridine rings is 1. The number of thiophene rings is 1. The molecule has 0 unspecified atom stereocenters. The molecule has 2 heterocycles. The van der Waals surface area contributed by atoms with E-state index >= 15 is 0 Å². The van der Waals surface area contributed by atoms with E-state index in [0.29, 0.717) is 16.3 Å². The lowest BCUT2D eigenvalue weighted by Gasteiger charge is -2.00. The summed E-state index contributed by atoms with van der Waals surface area (Å²) >= 11 is 1.39. The minimum Gasteiger partial charge on any atom is -0.397 e. The van der Waals surface area contributed by atoms with Gasteiger partial charge in [0.15, 0.2) is 0 Å². The first-order chi connectivity index (χ1) is 6.79. The van der Waals surface area contributed by atoms with Crippen molar-refractivity contribution in [2.75, 3.05) is 5.73 Å². The fraction of sp³-hybridized carbons (Fsp3) is 0. The van der Waals surface area contributed by atoms with E-state index < -0.39 is 0 Å². The maximum Gasteiger partial charge on any atom is 0.223 e. The lowest BCUT2D eigenvalue weighted by molar-refractivity contribution is 0.103. The van der Waals surface area contributed by atoms with Crippen molar-refractivity contribution in [1.82, 2.24) is 4.98 Å². The number of carbonyl (C=O) groups is 1. The Bertz CT molecular complexity index is 451. The van der Waals surface area contributed by atoms with Gasteiger partial charge in [-0.1, -0.05) is 6.07 Å².